The van der Waals surface area contributed by atoms with Gasteiger partial charge in [-0.2, -0.15) is 0 Å². The summed E-state index contributed by atoms with van der Waals surface area (Å²) in [6.07, 6.45) is 3.35. The number of nitrogens with one attached hydrogen (secondary N) is 1. The van der Waals surface area contributed by atoms with Crippen molar-refractivity contribution in [2.24, 2.45) is 5.92 Å². The Morgan fingerprint density at radius 1 is 1.28 bits per heavy atom. The number of allylic oxidation sites excluding steroid dienone is 2. The molecule has 0 atom stereocenters. The lowest BCUT2D eigenvalue weighted by Gasteiger charge is -2.27. The van der Waals surface area contributed by atoms with E-state index < -0.39 is 0 Å². The average molecular weight is 252 g/mol. The summed E-state index contributed by atoms with van der Waals surface area (Å²) in [7, 11) is 0. The number of carbonyl (C=O) groups is 1. The van der Waals surface area contributed by atoms with Crippen molar-refractivity contribution in [1.29, 1.82) is 0 Å². The fraction of sp³-hybridized carbons (Fsp3) is 0.800. The van der Waals surface area contributed by atoms with Gasteiger partial charge in [0.1, 0.15) is 0 Å². The summed E-state index contributed by atoms with van der Waals surface area (Å²) in [6.45, 7) is 12.3. The van der Waals surface area contributed by atoms with Gasteiger partial charge in [-0.25, -0.2) is 0 Å². The fourth-order valence-electron chi connectivity index (χ4n) is 2.38. The van der Waals surface area contributed by atoms with Crippen LogP contribution in [0.1, 0.15) is 53.9 Å². The van der Waals surface area contributed by atoms with Gasteiger partial charge in [-0.3, -0.25) is 9.69 Å². The van der Waals surface area contributed by atoms with Crippen LogP contribution in [0.5, 0.6) is 0 Å². The summed E-state index contributed by atoms with van der Waals surface area (Å²) in [5.41, 5.74) is 2.51. The Labute approximate surface area is 112 Å². The lowest BCUT2D eigenvalue weighted by molar-refractivity contribution is -0.122. The maximum Gasteiger partial charge on any atom is 0.238 e. The maximum atomic E-state index is 12.1. The molecule has 0 radical (unpaired) electrons. The molecule has 0 aromatic rings. The van der Waals surface area contributed by atoms with Gasteiger partial charge in [0, 0.05) is 18.3 Å². The molecule has 104 valence electrons. The zero-order chi connectivity index (χ0) is 13.7. The summed E-state index contributed by atoms with van der Waals surface area (Å²) < 4.78 is 0. The Balaban J connectivity index is 2.48. The number of hydrogen-bond donors (Lipinski definition) is 1. The van der Waals surface area contributed by atoms with Crippen molar-refractivity contribution in [3.63, 3.8) is 0 Å². The number of amides is 1. The highest BCUT2D eigenvalue weighted by molar-refractivity contribution is 5.80. The Hall–Kier alpha value is -0.830. The normalized spacial score (nSPS) is 16.2. The van der Waals surface area contributed by atoms with Crippen molar-refractivity contribution < 1.29 is 4.79 Å². The second kappa shape index (κ2) is 6.93. The molecule has 3 heteroatoms. The highest BCUT2D eigenvalue weighted by Crippen LogP contribution is 2.22. The van der Waals surface area contributed by atoms with Crippen LogP contribution in [-0.4, -0.2) is 29.9 Å². The van der Waals surface area contributed by atoms with Crippen LogP contribution in [-0.2, 0) is 4.79 Å². The molecule has 0 bridgehead atoms. The van der Waals surface area contributed by atoms with Gasteiger partial charge >= 0.3 is 0 Å². The average Bonchev–Trinajstić information content (AvgIpc) is 2.62. The molecule has 0 heterocycles. The largest absolute Gasteiger partial charge is 0.329 e. The predicted octanol–water partition coefficient (Wildman–Crippen LogP) is 2.93. The minimum absolute atomic E-state index is 0.139. The molecule has 1 rings (SSSR count). The Kier molecular flexibility index (Phi) is 5.86. The Bertz CT molecular complexity index is 318. The molecule has 1 N–H and O–H groups in total. The van der Waals surface area contributed by atoms with Crippen molar-refractivity contribution >= 4 is 5.91 Å². The molecule has 18 heavy (non-hydrogen) atoms. The van der Waals surface area contributed by atoms with Gasteiger partial charge < -0.3 is 5.32 Å². The van der Waals surface area contributed by atoms with Crippen molar-refractivity contribution in [2.45, 2.75) is 59.9 Å². The molecular formula is C15H28N2O. The van der Waals surface area contributed by atoms with Crippen LogP contribution in [0, 0.1) is 5.92 Å². The van der Waals surface area contributed by atoms with Crippen molar-refractivity contribution in [2.75, 3.05) is 13.1 Å². The topological polar surface area (TPSA) is 32.3 Å². The maximum absolute atomic E-state index is 12.1. The van der Waals surface area contributed by atoms with Crippen LogP contribution in [0.4, 0.5) is 0 Å². The first kappa shape index (κ1) is 15.2. The van der Waals surface area contributed by atoms with E-state index in [9.17, 15) is 4.79 Å². The predicted molar refractivity (Wildman–Crippen MR) is 76.2 cm³/mol. The van der Waals surface area contributed by atoms with Crippen molar-refractivity contribution in [3.8, 4) is 0 Å². The van der Waals surface area contributed by atoms with E-state index in [1.165, 1.54) is 12.0 Å². The van der Waals surface area contributed by atoms with E-state index in [0.29, 0.717) is 18.5 Å². The van der Waals surface area contributed by atoms with Crippen LogP contribution in [0.3, 0.4) is 0 Å². The molecule has 0 unspecified atom stereocenters. The zero-order valence-electron chi connectivity index (χ0n) is 12.5. The lowest BCUT2D eigenvalue weighted by Crippen LogP contribution is -2.42. The van der Waals surface area contributed by atoms with Gasteiger partial charge in [0.05, 0.1) is 6.54 Å². The van der Waals surface area contributed by atoms with E-state index in [2.05, 4.69) is 44.8 Å². The first-order chi connectivity index (χ1) is 8.40. The van der Waals surface area contributed by atoms with Crippen molar-refractivity contribution in [3.05, 3.63) is 11.3 Å². The summed E-state index contributed by atoms with van der Waals surface area (Å²) in [4.78, 5) is 14.3. The Morgan fingerprint density at radius 3 is 2.39 bits per heavy atom. The molecule has 0 spiro atoms. The second-order valence-electron chi connectivity index (χ2n) is 6.08. The standard InChI is InChI=1S/C15H28N2O/c1-11(2)9-17(12(3)4)10-15(18)16-14-8-6-7-13(14)5/h11-12H,6-10H2,1-5H3,(H,16,18). The summed E-state index contributed by atoms with van der Waals surface area (Å²) in [5.74, 6) is 0.730. The lowest BCUT2D eigenvalue weighted by atomic mass is 10.2. The number of carbonyl (C=O) groups excluding carboxylic acids is 1. The van der Waals surface area contributed by atoms with Crippen LogP contribution < -0.4 is 5.32 Å². The molecule has 0 saturated carbocycles. The molecule has 0 aromatic carbocycles. The van der Waals surface area contributed by atoms with Gasteiger partial charge in [0.2, 0.25) is 5.91 Å². The van der Waals surface area contributed by atoms with E-state index >= 15 is 0 Å². The number of hydrogen-bond acceptors (Lipinski definition) is 2. The van der Waals surface area contributed by atoms with Crippen LogP contribution in [0.25, 0.3) is 0 Å². The first-order valence-electron chi connectivity index (χ1n) is 7.12. The van der Waals surface area contributed by atoms with Crippen LogP contribution >= 0.6 is 0 Å². The second-order valence-corrected chi connectivity index (χ2v) is 6.08. The third-order valence-electron chi connectivity index (χ3n) is 3.46. The van der Waals surface area contributed by atoms with Gasteiger partial charge in [0.25, 0.3) is 0 Å². The van der Waals surface area contributed by atoms with Gasteiger partial charge in [0.15, 0.2) is 0 Å². The third kappa shape index (κ3) is 4.81. The molecule has 1 aliphatic carbocycles. The van der Waals surface area contributed by atoms with E-state index in [1.807, 2.05) is 0 Å². The molecule has 0 fully saturated rings. The fourth-order valence-corrected chi connectivity index (χ4v) is 2.38. The molecule has 0 saturated heterocycles. The van der Waals surface area contributed by atoms with E-state index in [4.69, 9.17) is 0 Å². The number of nitrogens with zero attached hydrogens (tertiary/aromatic N) is 1. The molecule has 1 amide bonds. The molecule has 3 nitrogen and oxygen atoms in total. The molecule has 0 aromatic heterocycles. The molecule has 1 aliphatic rings. The molecule has 0 aliphatic heterocycles. The van der Waals surface area contributed by atoms with E-state index in [-0.39, 0.29) is 5.91 Å². The summed E-state index contributed by atoms with van der Waals surface area (Å²) in [6, 6.07) is 0.414. The van der Waals surface area contributed by atoms with Gasteiger partial charge in [-0.1, -0.05) is 19.4 Å². The van der Waals surface area contributed by atoms with Crippen molar-refractivity contribution in [1.82, 2.24) is 10.2 Å². The molecular weight excluding hydrogens is 224 g/mol. The Morgan fingerprint density at radius 2 is 1.94 bits per heavy atom. The van der Waals surface area contributed by atoms with E-state index in [1.54, 1.807) is 0 Å². The van der Waals surface area contributed by atoms with E-state index in [0.717, 1.165) is 25.1 Å². The highest BCUT2D eigenvalue weighted by Gasteiger charge is 2.18. The summed E-state index contributed by atoms with van der Waals surface area (Å²) in [5, 5.41) is 3.09. The minimum atomic E-state index is 0.139. The summed E-state index contributed by atoms with van der Waals surface area (Å²) >= 11 is 0. The van der Waals surface area contributed by atoms with Gasteiger partial charge in [-0.15, -0.1) is 0 Å². The van der Waals surface area contributed by atoms with Gasteiger partial charge in [-0.05, 0) is 46.0 Å². The highest BCUT2D eigenvalue weighted by atomic mass is 16.2. The minimum Gasteiger partial charge on any atom is -0.329 e. The monoisotopic (exact) mass is 252 g/mol. The quantitative estimate of drug-likeness (QED) is 0.788. The third-order valence-corrected chi connectivity index (χ3v) is 3.46. The SMILES string of the molecule is CC1=C(NC(=O)CN(CC(C)C)C(C)C)CCC1. The van der Waals surface area contributed by atoms with Crippen LogP contribution in [0.2, 0.25) is 0 Å². The smallest absolute Gasteiger partial charge is 0.238 e. The van der Waals surface area contributed by atoms with Crippen LogP contribution in [0.15, 0.2) is 11.3 Å². The zero-order valence-corrected chi connectivity index (χ0v) is 12.5. The number of rotatable bonds is 6. The first-order valence-corrected chi connectivity index (χ1v) is 7.12.